The van der Waals surface area contributed by atoms with Crippen LogP contribution in [0.15, 0.2) is 41.5 Å². The Kier molecular flexibility index (Phi) is 8.92. The Balaban J connectivity index is 1.32. The fourth-order valence-corrected chi connectivity index (χ4v) is 4.20. The highest BCUT2D eigenvalue weighted by atomic mass is 32.1. The molecule has 0 bridgehead atoms. The third kappa shape index (κ3) is 7.76. The number of aliphatic imine (C=N–C) groups is 1. The lowest BCUT2D eigenvalue weighted by molar-refractivity contribution is 0.126. The summed E-state index contributed by atoms with van der Waals surface area (Å²) in [5, 5.41) is 7.84. The minimum absolute atomic E-state index is 0.636. The van der Waals surface area contributed by atoms with Crippen LogP contribution < -0.4 is 10.6 Å². The summed E-state index contributed by atoms with van der Waals surface area (Å²) in [5.74, 6) is 0.882. The number of nitrogens with one attached hydrogen (secondary N) is 2. The number of piperazine rings is 1. The van der Waals surface area contributed by atoms with E-state index in [9.17, 15) is 0 Å². The molecule has 2 aromatic rings. The number of benzene rings is 1. The van der Waals surface area contributed by atoms with Crippen molar-refractivity contribution in [1.82, 2.24) is 25.4 Å². The van der Waals surface area contributed by atoms with Gasteiger partial charge in [0.25, 0.3) is 0 Å². The molecule has 3 rings (SSSR count). The third-order valence-corrected chi connectivity index (χ3v) is 5.94. The standard InChI is InChI=1S/C22H34N6S/c1-3-23-22(26-17-21-25-16-19(2)29-21)24-10-7-11-27-12-14-28(15-13-27)18-20-8-5-4-6-9-20/h4-6,8-9,16H,3,7,10-15,17-18H2,1-2H3,(H2,23,24,26). The van der Waals surface area contributed by atoms with Gasteiger partial charge in [-0.2, -0.15) is 0 Å². The molecule has 1 aliphatic rings. The second kappa shape index (κ2) is 11.9. The number of nitrogens with zero attached hydrogens (tertiary/aromatic N) is 4. The van der Waals surface area contributed by atoms with Gasteiger partial charge < -0.3 is 15.5 Å². The fraction of sp³-hybridized carbons (Fsp3) is 0.545. The molecule has 6 nitrogen and oxygen atoms in total. The highest BCUT2D eigenvalue weighted by Gasteiger charge is 2.16. The van der Waals surface area contributed by atoms with E-state index in [0.29, 0.717) is 6.54 Å². The van der Waals surface area contributed by atoms with E-state index in [1.54, 1.807) is 11.3 Å². The first kappa shape index (κ1) is 21.7. The van der Waals surface area contributed by atoms with Gasteiger partial charge in [-0.3, -0.25) is 4.90 Å². The van der Waals surface area contributed by atoms with Crippen LogP contribution in [0.25, 0.3) is 0 Å². The zero-order chi connectivity index (χ0) is 20.3. The number of hydrogen-bond donors (Lipinski definition) is 2. The van der Waals surface area contributed by atoms with Gasteiger partial charge in [-0.15, -0.1) is 11.3 Å². The lowest BCUT2D eigenvalue weighted by Gasteiger charge is -2.34. The Morgan fingerprint density at radius 1 is 1.10 bits per heavy atom. The van der Waals surface area contributed by atoms with Crippen LogP contribution in [0.4, 0.5) is 0 Å². The number of thiazole rings is 1. The van der Waals surface area contributed by atoms with Gasteiger partial charge in [0.2, 0.25) is 0 Å². The van der Waals surface area contributed by atoms with Gasteiger partial charge in [-0.05, 0) is 32.4 Å². The Hall–Kier alpha value is -1.96. The molecule has 0 amide bonds. The molecular formula is C22H34N6S. The maximum atomic E-state index is 4.65. The van der Waals surface area contributed by atoms with Crippen LogP contribution in [0.2, 0.25) is 0 Å². The van der Waals surface area contributed by atoms with Crippen molar-refractivity contribution >= 4 is 17.3 Å². The minimum Gasteiger partial charge on any atom is -0.357 e. The van der Waals surface area contributed by atoms with Gasteiger partial charge in [0.05, 0.1) is 6.54 Å². The average Bonchev–Trinajstić information content (AvgIpc) is 3.16. The van der Waals surface area contributed by atoms with E-state index in [1.807, 2.05) is 6.20 Å². The van der Waals surface area contributed by atoms with Gasteiger partial charge >= 0.3 is 0 Å². The smallest absolute Gasteiger partial charge is 0.191 e. The van der Waals surface area contributed by atoms with Crippen LogP contribution in [0.3, 0.4) is 0 Å². The zero-order valence-electron chi connectivity index (χ0n) is 17.7. The topological polar surface area (TPSA) is 55.8 Å². The quantitative estimate of drug-likeness (QED) is 0.375. The van der Waals surface area contributed by atoms with Gasteiger partial charge in [0, 0.05) is 56.9 Å². The lowest BCUT2D eigenvalue weighted by atomic mass is 10.2. The van der Waals surface area contributed by atoms with Crippen LogP contribution in [0.1, 0.15) is 28.8 Å². The summed E-state index contributed by atoms with van der Waals surface area (Å²) in [6.45, 7) is 13.4. The first-order chi connectivity index (χ1) is 14.2. The van der Waals surface area contributed by atoms with Crippen molar-refractivity contribution in [3.05, 3.63) is 52.0 Å². The minimum atomic E-state index is 0.636. The average molecular weight is 415 g/mol. The lowest BCUT2D eigenvalue weighted by Crippen LogP contribution is -2.46. The number of guanidine groups is 1. The second-order valence-electron chi connectivity index (χ2n) is 7.44. The third-order valence-electron chi connectivity index (χ3n) is 5.04. The SMILES string of the molecule is CCNC(=NCc1ncc(C)s1)NCCCN1CCN(Cc2ccccc2)CC1. The molecule has 1 aromatic heterocycles. The summed E-state index contributed by atoms with van der Waals surface area (Å²) >= 11 is 1.71. The van der Waals surface area contributed by atoms with E-state index in [-0.39, 0.29) is 0 Å². The first-order valence-electron chi connectivity index (χ1n) is 10.6. The molecule has 0 unspecified atom stereocenters. The summed E-state index contributed by atoms with van der Waals surface area (Å²) in [7, 11) is 0. The Morgan fingerprint density at radius 2 is 1.86 bits per heavy atom. The van der Waals surface area contributed by atoms with Crippen LogP contribution in [-0.4, -0.2) is 66.6 Å². The summed E-state index contributed by atoms with van der Waals surface area (Å²) in [6, 6.07) is 10.8. The van der Waals surface area contributed by atoms with Crippen molar-refractivity contribution in [2.24, 2.45) is 4.99 Å². The summed E-state index contributed by atoms with van der Waals surface area (Å²) < 4.78 is 0. The molecule has 1 aromatic carbocycles. The number of aromatic nitrogens is 1. The van der Waals surface area contributed by atoms with E-state index in [0.717, 1.165) is 69.7 Å². The van der Waals surface area contributed by atoms with E-state index >= 15 is 0 Å². The second-order valence-corrected chi connectivity index (χ2v) is 8.76. The molecule has 0 saturated carbocycles. The monoisotopic (exact) mass is 414 g/mol. The maximum absolute atomic E-state index is 4.65. The molecule has 0 spiro atoms. The Morgan fingerprint density at radius 3 is 2.55 bits per heavy atom. The number of hydrogen-bond acceptors (Lipinski definition) is 5. The molecular weight excluding hydrogens is 380 g/mol. The molecule has 1 saturated heterocycles. The Bertz CT molecular complexity index is 737. The van der Waals surface area contributed by atoms with Gasteiger partial charge in [-0.25, -0.2) is 9.98 Å². The summed E-state index contributed by atoms with van der Waals surface area (Å²) in [5.41, 5.74) is 1.41. The Labute approximate surface area is 179 Å². The van der Waals surface area contributed by atoms with Crippen LogP contribution in [0, 0.1) is 6.92 Å². The molecule has 2 heterocycles. The molecule has 29 heavy (non-hydrogen) atoms. The number of rotatable bonds is 9. The van der Waals surface area contributed by atoms with Crippen molar-refractivity contribution in [3.8, 4) is 0 Å². The van der Waals surface area contributed by atoms with Crippen molar-refractivity contribution in [2.75, 3.05) is 45.8 Å². The molecule has 0 atom stereocenters. The largest absolute Gasteiger partial charge is 0.357 e. The van der Waals surface area contributed by atoms with Crippen LogP contribution in [-0.2, 0) is 13.1 Å². The summed E-state index contributed by atoms with van der Waals surface area (Å²) in [6.07, 6.45) is 3.04. The molecule has 0 aliphatic carbocycles. The van der Waals surface area contributed by atoms with E-state index < -0.39 is 0 Å². The van der Waals surface area contributed by atoms with Crippen molar-refractivity contribution < 1.29 is 0 Å². The van der Waals surface area contributed by atoms with Gasteiger partial charge in [0.1, 0.15) is 5.01 Å². The fourth-order valence-electron chi connectivity index (χ4n) is 3.49. The van der Waals surface area contributed by atoms with Crippen molar-refractivity contribution in [2.45, 2.75) is 33.4 Å². The van der Waals surface area contributed by atoms with Crippen LogP contribution in [0.5, 0.6) is 0 Å². The maximum Gasteiger partial charge on any atom is 0.191 e. The molecule has 1 fully saturated rings. The first-order valence-corrected chi connectivity index (χ1v) is 11.5. The highest BCUT2D eigenvalue weighted by Crippen LogP contribution is 2.12. The predicted molar refractivity (Wildman–Crippen MR) is 122 cm³/mol. The highest BCUT2D eigenvalue weighted by molar-refractivity contribution is 7.11. The van der Waals surface area contributed by atoms with Crippen molar-refractivity contribution in [1.29, 1.82) is 0 Å². The van der Waals surface area contributed by atoms with E-state index in [4.69, 9.17) is 0 Å². The molecule has 0 radical (unpaired) electrons. The molecule has 7 heteroatoms. The van der Waals surface area contributed by atoms with Gasteiger partial charge in [0.15, 0.2) is 5.96 Å². The molecule has 1 aliphatic heterocycles. The van der Waals surface area contributed by atoms with E-state index in [2.05, 4.69) is 74.6 Å². The summed E-state index contributed by atoms with van der Waals surface area (Å²) in [4.78, 5) is 15.4. The molecule has 158 valence electrons. The number of aryl methyl sites for hydroxylation is 1. The zero-order valence-corrected chi connectivity index (χ0v) is 18.5. The van der Waals surface area contributed by atoms with Gasteiger partial charge in [-0.1, -0.05) is 30.3 Å². The van der Waals surface area contributed by atoms with E-state index in [1.165, 1.54) is 10.4 Å². The normalized spacial score (nSPS) is 16.1. The predicted octanol–water partition coefficient (Wildman–Crippen LogP) is 2.71. The molecule has 2 N–H and O–H groups in total. The van der Waals surface area contributed by atoms with Crippen molar-refractivity contribution in [3.63, 3.8) is 0 Å². The van der Waals surface area contributed by atoms with Crippen LogP contribution >= 0.6 is 11.3 Å².